The summed E-state index contributed by atoms with van der Waals surface area (Å²) >= 11 is 0. The maximum atomic E-state index is 5.72. The number of fused-ring (bicyclic) bond motifs is 1. The van der Waals surface area contributed by atoms with E-state index in [9.17, 15) is 0 Å². The van der Waals surface area contributed by atoms with E-state index in [1.165, 1.54) is 25.7 Å². The number of aromatic nitrogens is 4. The first-order valence-corrected chi connectivity index (χ1v) is 6.23. The molecule has 0 amide bonds. The lowest BCUT2D eigenvalue weighted by Gasteiger charge is -2.26. The minimum Gasteiger partial charge on any atom is -0.330 e. The van der Waals surface area contributed by atoms with E-state index in [0.717, 1.165) is 18.0 Å². The second kappa shape index (κ2) is 4.41. The zero-order valence-electron chi connectivity index (χ0n) is 9.79. The first kappa shape index (κ1) is 10.7. The fourth-order valence-electron chi connectivity index (χ4n) is 2.71. The van der Waals surface area contributed by atoms with Gasteiger partial charge in [0.15, 0.2) is 5.65 Å². The van der Waals surface area contributed by atoms with E-state index in [4.69, 9.17) is 5.73 Å². The molecule has 5 heteroatoms. The van der Waals surface area contributed by atoms with Gasteiger partial charge in [-0.2, -0.15) is 0 Å². The van der Waals surface area contributed by atoms with Crippen molar-refractivity contribution in [2.45, 2.75) is 31.6 Å². The predicted octanol–water partition coefficient (Wildman–Crippen LogP) is 1.36. The van der Waals surface area contributed by atoms with Crippen LogP contribution < -0.4 is 5.73 Å². The van der Waals surface area contributed by atoms with E-state index in [1.807, 2.05) is 6.20 Å². The van der Waals surface area contributed by atoms with Crippen molar-refractivity contribution in [2.75, 3.05) is 6.54 Å². The van der Waals surface area contributed by atoms with Crippen molar-refractivity contribution >= 4 is 5.65 Å². The molecule has 2 aromatic heterocycles. The smallest absolute Gasteiger partial charge is 0.179 e. The average molecular weight is 231 g/mol. The number of nitrogens with two attached hydrogens (primary N) is 1. The van der Waals surface area contributed by atoms with E-state index >= 15 is 0 Å². The fraction of sp³-hybridized carbons (Fsp3) is 0.583. The van der Waals surface area contributed by atoms with Gasteiger partial charge in [-0.1, -0.05) is 0 Å². The van der Waals surface area contributed by atoms with Gasteiger partial charge in [0.25, 0.3) is 0 Å². The molecule has 0 radical (unpaired) electrons. The maximum absolute atomic E-state index is 5.72. The Balaban J connectivity index is 1.85. The SMILES string of the molecule is NCC1CCC(c2nnc3cnccn23)CC1. The van der Waals surface area contributed by atoms with E-state index in [2.05, 4.69) is 19.6 Å². The molecule has 0 aromatic carbocycles. The highest BCUT2D eigenvalue weighted by Crippen LogP contribution is 2.34. The van der Waals surface area contributed by atoms with Crippen molar-refractivity contribution in [3.05, 3.63) is 24.4 Å². The Kier molecular flexibility index (Phi) is 2.76. The lowest BCUT2D eigenvalue weighted by Crippen LogP contribution is -2.21. The highest BCUT2D eigenvalue weighted by atomic mass is 15.3. The molecule has 2 heterocycles. The second-order valence-corrected chi connectivity index (χ2v) is 4.82. The van der Waals surface area contributed by atoms with Crippen LogP contribution in [0.2, 0.25) is 0 Å². The molecule has 2 aromatic rings. The molecule has 1 aliphatic rings. The Morgan fingerprint density at radius 2 is 2.06 bits per heavy atom. The molecule has 5 nitrogen and oxygen atoms in total. The van der Waals surface area contributed by atoms with Crippen LogP contribution in [-0.2, 0) is 0 Å². The molecular weight excluding hydrogens is 214 g/mol. The summed E-state index contributed by atoms with van der Waals surface area (Å²) in [5, 5.41) is 8.47. The molecule has 0 unspecified atom stereocenters. The molecule has 0 saturated heterocycles. The Hall–Kier alpha value is -1.49. The highest BCUT2D eigenvalue weighted by molar-refractivity contribution is 5.34. The van der Waals surface area contributed by atoms with Gasteiger partial charge in [-0.05, 0) is 38.1 Å². The Morgan fingerprint density at radius 3 is 2.82 bits per heavy atom. The van der Waals surface area contributed by atoms with Gasteiger partial charge in [0.05, 0.1) is 6.20 Å². The number of hydrogen-bond donors (Lipinski definition) is 1. The zero-order chi connectivity index (χ0) is 11.7. The molecule has 1 saturated carbocycles. The summed E-state index contributed by atoms with van der Waals surface area (Å²) in [7, 11) is 0. The van der Waals surface area contributed by atoms with Crippen LogP contribution in [-0.4, -0.2) is 26.1 Å². The van der Waals surface area contributed by atoms with Crippen molar-refractivity contribution in [1.29, 1.82) is 0 Å². The number of hydrogen-bond acceptors (Lipinski definition) is 4. The average Bonchev–Trinajstić information content (AvgIpc) is 2.83. The molecule has 1 aliphatic carbocycles. The highest BCUT2D eigenvalue weighted by Gasteiger charge is 2.24. The van der Waals surface area contributed by atoms with Crippen LogP contribution in [0.25, 0.3) is 5.65 Å². The predicted molar refractivity (Wildman–Crippen MR) is 64.5 cm³/mol. The van der Waals surface area contributed by atoms with E-state index in [0.29, 0.717) is 11.8 Å². The minimum atomic E-state index is 0.523. The monoisotopic (exact) mass is 231 g/mol. The molecule has 17 heavy (non-hydrogen) atoms. The first-order chi connectivity index (χ1) is 8.38. The maximum Gasteiger partial charge on any atom is 0.179 e. The summed E-state index contributed by atoms with van der Waals surface area (Å²) in [4.78, 5) is 4.06. The molecule has 0 atom stereocenters. The van der Waals surface area contributed by atoms with E-state index in [-0.39, 0.29) is 0 Å². The standard InChI is InChI=1S/C12H17N5/c13-7-9-1-3-10(4-2-9)12-16-15-11-8-14-5-6-17(11)12/h5-6,8-10H,1-4,7,13H2. The first-order valence-electron chi connectivity index (χ1n) is 6.23. The summed E-state index contributed by atoms with van der Waals surface area (Å²) in [6, 6.07) is 0. The zero-order valence-corrected chi connectivity index (χ0v) is 9.79. The van der Waals surface area contributed by atoms with E-state index in [1.54, 1.807) is 12.4 Å². The van der Waals surface area contributed by atoms with Crippen LogP contribution >= 0.6 is 0 Å². The van der Waals surface area contributed by atoms with Crippen LogP contribution in [0.3, 0.4) is 0 Å². The fourth-order valence-corrected chi connectivity index (χ4v) is 2.71. The second-order valence-electron chi connectivity index (χ2n) is 4.82. The minimum absolute atomic E-state index is 0.523. The van der Waals surface area contributed by atoms with Crippen molar-refractivity contribution in [3.63, 3.8) is 0 Å². The molecule has 0 spiro atoms. The van der Waals surface area contributed by atoms with Gasteiger partial charge in [-0.15, -0.1) is 10.2 Å². The van der Waals surface area contributed by atoms with Gasteiger partial charge in [0.1, 0.15) is 5.82 Å². The van der Waals surface area contributed by atoms with Gasteiger partial charge in [-0.3, -0.25) is 9.38 Å². The Bertz CT molecular complexity index is 498. The third kappa shape index (κ3) is 1.91. The topological polar surface area (TPSA) is 69.1 Å². The number of rotatable bonds is 2. The van der Waals surface area contributed by atoms with E-state index < -0.39 is 0 Å². The van der Waals surface area contributed by atoms with Crippen molar-refractivity contribution in [1.82, 2.24) is 19.6 Å². The lowest BCUT2D eigenvalue weighted by molar-refractivity contribution is 0.324. The molecule has 1 fully saturated rings. The summed E-state index contributed by atoms with van der Waals surface area (Å²) < 4.78 is 2.06. The van der Waals surface area contributed by atoms with Crippen LogP contribution in [0.15, 0.2) is 18.6 Å². The van der Waals surface area contributed by atoms with Crippen molar-refractivity contribution in [2.24, 2.45) is 11.7 Å². The van der Waals surface area contributed by atoms with Gasteiger partial charge in [-0.25, -0.2) is 0 Å². The van der Waals surface area contributed by atoms with Crippen LogP contribution in [0.5, 0.6) is 0 Å². The molecule has 2 N–H and O–H groups in total. The quantitative estimate of drug-likeness (QED) is 0.847. The largest absolute Gasteiger partial charge is 0.330 e. The number of nitrogens with zero attached hydrogens (tertiary/aromatic N) is 4. The van der Waals surface area contributed by atoms with Gasteiger partial charge in [0, 0.05) is 18.3 Å². The molecule has 0 aliphatic heterocycles. The normalized spacial score (nSPS) is 25.2. The molecule has 3 rings (SSSR count). The Morgan fingerprint density at radius 1 is 1.24 bits per heavy atom. The van der Waals surface area contributed by atoms with Crippen LogP contribution in [0.1, 0.15) is 37.4 Å². The summed E-state index contributed by atoms with van der Waals surface area (Å²) in [6.07, 6.45) is 10.2. The lowest BCUT2D eigenvalue weighted by atomic mass is 9.82. The third-order valence-electron chi connectivity index (χ3n) is 3.79. The van der Waals surface area contributed by atoms with Crippen LogP contribution in [0.4, 0.5) is 0 Å². The van der Waals surface area contributed by atoms with Gasteiger partial charge < -0.3 is 5.73 Å². The Labute approximate surface area is 100 Å². The van der Waals surface area contributed by atoms with Crippen LogP contribution in [0, 0.1) is 5.92 Å². The molecular formula is C12H17N5. The van der Waals surface area contributed by atoms with Gasteiger partial charge in [0.2, 0.25) is 0 Å². The third-order valence-corrected chi connectivity index (χ3v) is 3.79. The van der Waals surface area contributed by atoms with Crippen molar-refractivity contribution < 1.29 is 0 Å². The summed E-state index contributed by atoms with van der Waals surface area (Å²) in [5.41, 5.74) is 6.55. The summed E-state index contributed by atoms with van der Waals surface area (Å²) in [6.45, 7) is 0.817. The molecule has 0 bridgehead atoms. The molecule has 90 valence electrons. The van der Waals surface area contributed by atoms with Crippen molar-refractivity contribution in [3.8, 4) is 0 Å². The summed E-state index contributed by atoms with van der Waals surface area (Å²) in [5.74, 6) is 2.31. The van der Waals surface area contributed by atoms with Gasteiger partial charge >= 0.3 is 0 Å².